The molecule has 1 saturated heterocycles. The molecular weight excluding hydrogens is 501 g/mol. The fraction of sp³-hybridized carbons (Fsp3) is 0.423. The number of aromatic carboxylic acids is 1. The second kappa shape index (κ2) is 9.74. The lowest BCUT2D eigenvalue weighted by Crippen LogP contribution is -2.40. The number of fused-ring (bicyclic) bond motifs is 1. The molecule has 0 bridgehead atoms. The summed E-state index contributed by atoms with van der Waals surface area (Å²) in [4.78, 5) is 48.0. The molecule has 1 atom stereocenters. The van der Waals surface area contributed by atoms with Crippen molar-refractivity contribution in [2.24, 2.45) is 13.0 Å². The van der Waals surface area contributed by atoms with Gasteiger partial charge in [-0.1, -0.05) is 11.6 Å². The fourth-order valence-corrected chi connectivity index (χ4v) is 5.20. The van der Waals surface area contributed by atoms with E-state index in [0.29, 0.717) is 42.8 Å². The number of rotatable bonds is 6. The molecule has 0 unspecified atom stereocenters. The van der Waals surface area contributed by atoms with Crippen molar-refractivity contribution in [1.82, 2.24) is 19.4 Å². The monoisotopic (exact) mass is 527 g/mol. The molecule has 0 radical (unpaired) electrons. The van der Waals surface area contributed by atoms with Gasteiger partial charge in [0.1, 0.15) is 16.8 Å². The summed E-state index contributed by atoms with van der Waals surface area (Å²) in [5.74, 6) is -0.900. The van der Waals surface area contributed by atoms with E-state index in [-0.39, 0.29) is 45.2 Å². The number of carboxylic acids is 1. The highest BCUT2D eigenvalue weighted by Gasteiger charge is 2.36. The number of likely N-dealkylation sites (tertiary alicyclic amines) is 1. The standard InChI is InChI=1S/C26H27ClFN5O4/c1-13(29-19-5-6-20(27)30-22(19)26(36)37)17-11-16(28)12-18-21(17)31-23(32(2)25(18)35)14-7-9-33(10-8-14)24(34)15-3-4-15/h5-6,11-15,29H,3-4,7-10H2,1-2H3,(H,36,37)/t13-/m1/s1. The number of pyridine rings is 1. The minimum atomic E-state index is -1.26. The van der Waals surface area contributed by atoms with Gasteiger partial charge in [0.2, 0.25) is 5.91 Å². The first-order valence-corrected chi connectivity index (χ1v) is 12.7. The molecule has 9 nitrogen and oxygen atoms in total. The predicted molar refractivity (Wildman–Crippen MR) is 136 cm³/mol. The van der Waals surface area contributed by atoms with Crippen molar-refractivity contribution in [3.8, 4) is 0 Å². The maximum atomic E-state index is 14.6. The van der Waals surface area contributed by atoms with E-state index in [4.69, 9.17) is 16.6 Å². The minimum absolute atomic E-state index is 0.0226. The van der Waals surface area contributed by atoms with Gasteiger partial charge in [0.25, 0.3) is 5.56 Å². The molecule has 2 aliphatic rings. The van der Waals surface area contributed by atoms with Gasteiger partial charge in [-0.05, 0) is 56.9 Å². The normalized spacial score (nSPS) is 17.1. The molecule has 2 N–H and O–H groups in total. The Hall–Kier alpha value is -3.53. The molecule has 2 fully saturated rings. The van der Waals surface area contributed by atoms with Crippen molar-refractivity contribution in [2.45, 2.75) is 44.6 Å². The minimum Gasteiger partial charge on any atom is -0.476 e. The molecule has 2 aromatic heterocycles. The van der Waals surface area contributed by atoms with E-state index in [0.717, 1.165) is 12.8 Å². The van der Waals surface area contributed by atoms with Gasteiger partial charge in [0, 0.05) is 37.5 Å². The van der Waals surface area contributed by atoms with Crippen molar-refractivity contribution in [3.05, 3.63) is 62.7 Å². The van der Waals surface area contributed by atoms with Gasteiger partial charge in [-0.2, -0.15) is 0 Å². The third-order valence-electron chi connectivity index (χ3n) is 7.21. The summed E-state index contributed by atoms with van der Waals surface area (Å²) < 4.78 is 16.1. The number of piperidine rings is 1. The van der Waals surface area contributed by atoms with Crippen molar-refractivity contribution >= 4 is 40.1 Å². The zero-order valence-electron chi connectivity index (χ0n) is 20.5. The Morgan fingerprint density at radius 2 is 1.86 bits per heavy atom. The number of anilines is 1. The van der Waals surface area contributed by atoms with Crippen LogP contribution in [0.15, 0.2) is 29.1 Å². The number of hydrogen-bond donors (Lipinski definition) is 2. The van der Waals surface area contributed by atoms with E-state index >= 15 is 0 Å². The molecule has 3 aromatic rings. The highest BCUT2D eigenvalue weighted by molar-refractivity contribution is 6.29. The van der Waals surface area contributed by atoms with Gasteiger partial charge in [0.15, 0.2) is 5.69 Å². The number of amides is 1. The molecule has 1 aliphatic heterocycles. The Labute approximate surface area is 217 Å². The van der Waals surface area contributed by atoms with Gasteiger partial charge in [-0.3, -0.25) is 14.2 Å². The second-order valence-corrected chi connectivity index (χ2v) is 10.2. The Bertz CT molecular complexity index is 1460. The molecule has 194 valence electrons. The third-order valence-corrected chi connectivity index (χ3v) is 7.42. The number of halogens is 2. The summed E-state index contributed by atoms with van der Waals surface area (Å²) in [7, 11) is 1.64. The maximum Gasteiger partial charge on any atom is 0.356 e. The number of carbonyl (C=O) groups is 2. The third kappa shape index (κ3) is 4.90. The van der Waals surface area contributed by atoms with Crippen LogP contribution < -0.4 is 10.9 Å². The topological polar surface area (TPSA) is 117 Å². The Morgan fingerprint density at radius 3 is 2.51 bits per heavy atom. The highest BCUT2D eigenvalue weighted by Crippen LogP contribution is 2.35. The zero-order chi connectivity index (χ0) is 26.4. The van der Waals surface area contributed by atoms with E-state index < -0.39 is 17.8 Å². The zero-order valence-corrected chi connectivity index (χ0v) is 21.3. The van der Waals surface area contributed by atoms with Gasteiger partial charge >= 0.3 is 5.97 Å². The summed E-state index contributed by atoms with van der Waals surface area (Å²) in [6.45, 7) is 2.96. The lowest BCUT2D eigenvalue weighted by molar-refractivity contribution is -0.133. The van der Waals surface area contributed by atoms with Crippen LogP contribution in [-0.4, -0.2) is 49.5 Å². The van der Waals surface area contributed by atoms with Crippen LogP contribution in [0.4, 0.5) is 10.1 Å². The lowest BCUT2D eigenvalue weighted by Gasteiger charge is -2.32. The first-order valence-electron chi connectivity index (χ1n) is 12.3. The number of aromatic nitrogens is 3. The van der Waals surface area contributed by atoms with Crippen LogP contribution >= 0.6 is 11.6 Å². The van der Waals surface area contributed by atoms with Crippen molar-refractivity contribution in [2.75, 3.05) is 18.4 Å². The fourth-order valence-electron chi connectivity index (χ4n) is 5.05. The van der Waals surface area contributed by atoms with Gasteiger partial charge in [0.05, 0.1) is 22.6 Å². The van der Waals surface area contributed by atoms with E-state index in [1.807, 2.05) is 4.90 Å². The van der Waals surface area contributed by atoms with Crippen LogP contribution in [0.1, 0.15) is 66.4 Å². The van der Waals surface area contributed by atoms with Crippen LogP contribution in [0.25, 0.3) is 10.9 Å². The van der Waals surface area contributed by atoms with Crippen molar-refractivity contribution < 1.29 is 19.1 Å². The van der Waals surface area contributed by atoms with Crippen LogP contribution in [0, 0.1) is 11.7 Å². The van der Waals surface area contributed by atoms with Crippen molar-refractivity contribution in [1.29, 1.82) is 0 Å². The van der Waals surface area contributed by atoms with Crippen LogP contribution in [-0.2, 0) is 11.8 Å². The number of nitrogens with zero attached hydrogens (tertiary/aromatic N) is 4. The van der Waals surface area contributed by atoms with Crippen LogP contribution in [0.2, 0.25) is 5.15 Å². The SMILES string of the molecule is C[C@@H](Nc1ccc(Cl)nc1C(=O)O)c1cc(F)cc2c(=O)n(C)c(C3CCN(C(=O)C4CC4)CC3)nc12. The number of benzene rings is 1. The largest absolute Gasteiger partial charge is 0.476 e. The van der Waals surface area contributed by atoms with Gasteiger partial charge in [-0.25, -0.2) is 19.2 Å². The maximum absolute atomic E-state index is 14.6. The summed E-state index contributed by atoms with van der Waals surface area (Å²) in [5, 5.41) is 12.8. The molecule has 1 amide bonds. The highest BCUT2D eigenvalue weighted by atomic mass is 35.5. The number of nitrogens with one attached hydrogen (secondary N) is 1. The van der Waals surface area contributed by atoms with Gasteiger partial charge in [-0.15, -0.1) is 0 Å². The quantitative estimate of drug-likeness (QED) is 0.463. The number of carbonyl (C=O) groups excluding carboxylic acids is 1. The Kier molecular flexibility index (Phi) is 6.61. The van der Waals surface area contributed by atoms with Crippen LogP contribution in [0.5, 0.6) is 0 Å². The van der Waals surface area contributed by atoms with E-state index in [2.05, 4.69) is 10.3 Å². The van der Waals surface area contributed by atoms with Gasteiger partial charge < -0.3 is 15.3 Å². The first-order chi connectivity index (χ1) is 17.6. The van der Waals surface area contributed by atoms with Crippen molar-refractivity contribution in [3.63, 3.8) is 0 Å². The lowest BCUT2D eigenvalue weighted by atomic mass is 9.94. The molecule has 11 heteroatoms. The molecule has 37 heavy (non-hydrogen) atoms. The average molecular weight is 528 g/mol. The molecule has 0 spiro atoms. The Balaban J connectivity index is 1.50. The summed E-state index contributed by atoms with van der Waals surface area (Å²) in [6, 6.07) is 4.82. The molecular formula is C26H27ClFN5O4. The van der Waals surface area contributed by atoms with E-state index in [1.165, 1.54) is 28.8 Å². The van der Waals surface area contributed by atoms with Crippen LogP contribution in [0.3, 0.4) is 0 Å². The Morgan fingerprint density at radius 1 is 1.16 bits per heavy atom. The predicted octanol–water partition coefficient (Wildman–Crippen LogP) is 4.11. The second-order valence-electron chi connectivity index (χ2n) is 9.80. The summed E-state index contributed by atoms with van der Waals surface area (Å²) in [6.07, 6.45) is 3.30. The summed E-state index contributed by atoms with van der Waals surface area (Å²) in [5.41, 5.74) is 0.357. The number of carboxylic acid groups (broad SMARTS) is 1. The average Bonchev–Trinajstić information content (AvgIpc) is 3.72. The smallest absolute Gasteiger partial charge is 0.356 e. The molecule has 1 saturated carbocycles. The molecule has 3 heterocycles. The number of hydrogen-bond acceptors (Lipinski definition) is 6. The first kappa shape index (κ1) is 25.1. The molecule has 5 rings (SSSR count). The molecule has 1 aromatic carbocycles. The van der Waals surface area contributed by atoms with E-state index in [1.54, 1.807) is 14.0 Å². The summed E-state index contributed by atoms with van der Waals surface area (Å²) >= 11 is 5.86. The molecule has 1 aliphatic carbocycles. The van der Waals surface area contributed by atoms with E-state index in [9.17, 15) is 23.9 Å².